The van der Waals surface area contributed by atoms with Crippen LogP contribution in [0.15, 0.2) is 18.2 Å². The van der Waals surface area contributed by atoms with Crippen molar-refractivity contribution in [1.82, 2.24) is 5.32 Å². The molecule has 0 unspecified atom stereocenters. The zero-order valence-corrected chi connectivity index (χ0v) is 11.9. The molecule has 0 saturated heterocycles. The van der Waals surface area contributed by atoms with Crippen molar-refractivity contribution in [2.75, 3.05) is 25.0 Å². The molecule has 2 rings (SSSR count). The van der Waals surface area contributed by atoms with Gasteiger partial charge in [0.2, 0.25) is 0 Å². The molecule has 0 radical (unpaired) electrons. The maximum Gasteiger partial charge on any atom is 0.303 e. The Hall–Kier alpha value is -2.24. The van der Waals surface area contributed by atoms with E-state index in [1.54, 1.807) is 0 Å². The maximum absolute atomic E-state index is 11.6. The highest BCUT2D eigenvalue weighted by molar-refractivity contribution is 5.78. The molecule has 3 N–H and O–H groups in total. The Balaban J connectivity index is 1.78. The van der Waals surface area contributed by atoms with E-state index in [0.29, 0.717) is 18.7 Å². The number of anilines is 1. The molecule has 1 amide bonds. The van der Waals surface area contributed by atoms with Crippen LogP contribution >= 0.6 is 0 Å². The van der Waals surface area contributed by atoms with E-state index in [0.717, 1.165) is 25.1 Å². The van der Waals surface area contributed by atoms with Crippen LogP contribution in [0.3, 0.4) is 0 Å². The summed E-state index contributed by atoms with van der Waals surface area (Å²) in [5, 5.41) is 14.4. The summed E-state index contributed by atoms with van der Waals surface area (Å²) in [5.74, 6) is -0.413. The van der Waals surface area contributed by atoms with Gasteiger partial charge in [0.25, 0.3) is 5.91 Å². The highest BCUT2D eigenvalue weighted by atomic mass is 16.5. The van der Waals surface area contributed by atoms with Crippen molar-refractivity contribution < 1.29 is 19.4 Å². The van der Waals surface area contributed by atoms with Crippen LogP contribution in [0.5, 0.6) is 5.75 Å². The molecular formula is C15H20N2O4. The molecule has 0 spiro atoms. The smallest absolute Gasteiger partial charge is 0.303 e. The summed E-state index contributed by atoms with van der Waals surface area (Å²) in [6.07, 6.45) is 2.59. The van der Waals surface area contributed by atoms with Crippen molar-refractivity contribution in [2.24, 2.45) is 0 Å². The number of hydrogen-bond acceptors (Lipinski definition) is 4. The summed E-state index contributed by atoms with van der Waals surface area (Å²) in [4.78, 5) is 22.0. The second-order valence-corrected chi connectivity index (χ2v) is 4.96. The van der Waals surface area contributed by atoms with E-state index in [2.05, 4.69) is 16.7 Å². The van der Waals surface area contributed by atoms with E-state index in [9.17, 15) is 9.59 Å². The van der Waals surface area contributed by atoms with Crippen molar-refractivity contribution >= 4 is 17.6 Å². The molecule has 114 valence electrons. The van der Waals surface area contributed by atoms with Crippen molar-refractivity contribution in [3.8, 4) is 5.75 Å². The minimum atomic E-state index is -0.859. The summed E-state index contributed by atoms with van der Waals surface area (Å²) in [6, 6.07) is 5.82. The lowest BCUT2D eigenvalue weighted by molar-refractivity contribution is -0.137. The van der Waals surface area contributed by atoms with Crippen molar-refractivity contribution in [1.29, 1.82) is 0 Å². The first kappa shape index (κ1) is 15.2. The third kappa shape index (κ3) is 4.66. The molecule has 1 aliphatic rings. The average Bonchev–Trinajstić information content (AvgIpc) is 2.49. The van der Waals surface area contributed by atoms with Crippen molar-refractivity contribution in [2.45, 2.75) is 25.7 Å². The van der Waals surface area contributed by atoms with E-state index in [1.165, 1.54) is 5.56 Å². The van der Waals surface area contributed by atoms with Gasteiger partial charge >= 0.3 is 5.97 Å². The lowest BCUT2D eigenvalue weighted by Gasteiger charge is -2.21. The summed E-state index contributed by atoms with van der Waals surface area (Å²) >= 11 is 0. The Kier molecular flexibility index (Phi) is 5.43. The predicted molar refractivity (Wildman–Crippen MR) is 78.6 cm³/mol. The number of nitrogens with one attached hydrogen (secondary N) is 2. The van der Waals surface area contributed by atoms with Crippen LogP contribution in [-0.4, -0.2) is 36.7 Å². The standard InChI is InChI=1S/C15H20N2O4/c18-13(16-8-3-7-14(19)20)10-21-12-6-1-4-11-5-2-9-17-15(11)12/h1,4,6,17H,2-3,5,7-10H2,(H,16,18)(H,19,20). The summed E-state index contributed by atoms with van der Waals surface area (Å²) < 4.78 is 5.55. The van der Waals surface area contributed by atoms with E-state index < -0.39 is 5.97 Å². The van der Waals surface area contributed by atoms with E-state index in [1.807, 2.05) is 12.1 Å². The third-order valence-electron chi connectivity index (χ3n) is 3.29. The van der Waals surface area contributed by atoms with Gasteiger partial charge in [-0.25, -0.2) is 0 Å². The number of fused-ring (bicyclic) bond motifs is 1. The van der Waals surface area contributed by atoms with Gasteiger partial charge in [-0.05, 0) is 30.9 Å². The fourth-order valence-electron chi connectivity index (χ4n) is 2.26. The normalized spacial score (nSPS) is 13.0. The van der Waals surface area contributed by atoms with Gasteiger partial charge in [0.15, 0.2) is 6.61 Å². The molecule has 21 heavy (non-hydrogen) atoms. The first-order valence-corrected chi connectivity index (χ1v) is 7.14. The Morgan fingerprint density at radius 3 is 3.05 bits per heavy atom. The van der Waals surface area contributed by atoms with Crippen molar-refractivity contribution in [3.05, 3.63) is 23.8 Å². The lowest BCUT2D eigenvalue weighted by atomic mass is 10.0. The zero-order chi connectivity index (χ0) is 15.1. The van der Waals surface area contributed by atoms with Gasteiger partial charge in [-0.1, -0.05) is 12.1 Å². The molecule has 0 aliphatic carbocycles. The van der Waals surface area contributed by atoms with Crippen LogP contribution in [-0.2, 0) is 16.0 Å². The minimum absolute atomic E-state index is 0.0528. The van der Waals surface area contributed by atoms with Gasteiger partial charge in [-0.2, -0.15) is 0 Å². The number of hydrogen-bond donors (Lipinski definition) is 3. The van der Waals surface area contributed by atoms with Crippen LogP contribution < -0.4 is 15.4 Å². The second-order valence-electron chi connectivity index (χ2n) is 4.96. The zero-order valence-electron chi connectivity index (χ0n) is 11.9. The van der Waals surface area contributed by atoms with Gasteiger partial charge in [-0.3, -0.25) is 9.59 Å². The van der Waals surface area contributed by atoms with Crippen LogP contribution in [0.4, 0.5) is 5.69 Å². The molecular weight excluding hydrogens is 272 g/mol. The number of aryl methyl sites for hydroxylation is 1. The SMILES string of the molecule is O=C(O)CCCNC(=O)COc1cccc2c1NCCC2. The number of carbonyl (C=O) groups excluding carboxylic acids is 1. The van der Waals surface area contributed by atoms with Gasteiger partial charge in [-0.15, -0.1) is 0 Å². The molecule has 0 atom stereocenters. The highest BCUT2D eigenvalue weighted by Crippen LogP contribution is 2.31. The van der Waals surface area contributed by atoms with Gasteiger partial charge in [0.05, 0.1) is 5.69 Å². The maximum atomic E-state index is 11.6. The molecule has 0 bridgehead atoms. The van der Waals surface area contributed by atoms with Gasteiger partial charge < -0.3 is 20.5 Å². The topological polar surface area (TPSA) is 87.7 Å². The van der Waals surface area contributed by atoms with E-state index in [4.69, 9.17) is 9.84 Å². The first-order chi connectivity index (χ1) is 10.2. The number of carbonyl (C=O) groups is 2. The first-order valence-electron chi connectivity index (χ1n) is 7.14. The Morgan fingerprint density at radius 2 is 2.24 bits per heavy atom. The van der Waals surface area contributed by atoms with Crippen LogP contribution in [0.25, 0.3) is 0 Å². The number of carboxylic acids is 1. The Labute approximate surface area is 123 Å². The fraction of sp³-hybridized carbons (Fsp3) is 0.467. The number of aliphatic carboxylic acids is 1. The van der Waals surface area contributed by atoms with Crippen LogP contribution in [0.2, 0.25) is 0 Å². The molecule has 1 heterocycles. The van der Waals surface area contributed by atoms with Crippen LogP contribution in [0.1, 0.15) is 24.8 Å². The predicted octanol–water partition coefficient (Wildman–Crippen LogP) is 1.40. The van der Waals surface area contributed by atoms with E-state index >= 15 is 0 Å². The lowest BCUT2D eigenvalue weighted by Crippen LogP contribution is -2.30. The van der Waals surface area contributed by atoms with Gasteiger partial charge in [0, 0.05) is 19.5 Å². The number of carboxylic acid groups (broad SMARTS) is 1. The number of para-hydroxylation sites is 1. The summed E-state index contributed by atoms with van der Waals surface area (Å²) in [6.45, 7) is 1.19. The summed E-state index contributed by atoms with van der Waals surface area (Å²) in [7, 11) is 0. The third-order valence-corrected chi connectivity index (χ3v) is 3.29. The molecule has 0 saturated carbocycles. The molecule has 1 aliphatic heterocycles. The van der Waals surface area contributed by atoms with Crippen molar-refractivity contribution in [3.63, 3.8) is 0 Å². The fourth-order valence-corrected chi connectivity index (χ4v) is 2.26. The summed E-state index contributed by atoms with van der Waals surface area (Å²) in [5.41, 5.74) is 2.18. The quantitative estimate of drug-likeness (QED) is 0.661. The Morgan fingerprint density at radius 1 is 1.38 bits per heavy atom. The largest absolute Gasteiger partial charge is 0.482 e. The number of ether oxygens (including phenoxy) is 1. The van der Waals surface area contributed by atoms with E-state index in [-0.39, 0.29) is 18.9 Å². The van der Waals surface area contributed by atoms with Gasteiger partial charge in [0.1, 0.15) is 5.75 Å². The second kappa shape index (κ2) is 7.52. The molecule has 6 heteroatoms. The number of rotatable bonds is 7. The molecule has 1 aromatic rings. The number of amides is 1. The number of benzene rings is 1. The monoisotopic (exact) mass is 292 g/mol. The van der Waals surface area contributed by atoms with Crippen LogP contribution in [0, 0.1) is 0 Å². The highest BCUT2D eigenvalue weighted by Gasteiger charge is 2.14. The molecule has 6 nitrogen and oxygen atoms in total. The molecule has 0 aromatic heterocycles. The molecule has 1 aromatic carbocycles. The Bertz CT molecular complexity index is 516. The molecule has 0 fully saturated rings. The minimum Gasteiger partial charge on any atom is -0.482 e. The average molecular weight is 292 g/mol.